The van der Waals surface area contributed by atoms with Crippen LogP contribution in [0.2, 0.25) is 0 Å². The first-order chi connectivity index (χ1) is 10.9. The monoisotopic (exact) mass is 341 g/mol. The van der Waals surface area contributed by atoms with Crippen LogP contribution in [0.15, 0.2) is 17.0 Å². The molecule has 1 aromatic carbocycles. The molecule has 5 nitrogen and oxygen atoms in total. The number of nitrogens with one attached hydrogen (secondary N) is 1. The fourth-order valence-corrected chi connectivity index (χ4v) is 5.34. The summed E-state index contributed by atoms with van der Waals surface area (Å²) in [5, 5.41) is 3.50. The van der Waals surface area contributed by atoms with Crippen LogP contribution in [0.3, 0.4) is 0 Å². The van der Waals surface area contributed by atoms with E-state index in [1.165, 1.54) is 7.11 Å². The molecule has 1 atom stereocenters. The Labute approximate surface area is 139 Å². The minimum Gasteiger partial charge on any atom is -0.493 e. The smallest absolute Gasteiger partial charge is 0.180 e. The molecular formula is C17H27NO4S. The Morgan fingerprint density at radius 1 is 1.17 bits per heavy atom. The SMILES string of the molecule is CCCC[C@@]1(CC)CS(=O)(=O)c2cc(OC)c(OC)cc2CN1. The number of unbranched alkanes of at least 4 members (excludes halogenated alkanes) is 1. The van der Waals surface area contributed by atoms with E-state index in [0.717, 1.165) is 31.2 Å². The van der Waals surface area contributed by atoms with Gasteiger partial charge in [0.25, 0.3) is 0 Å². The number of hydrogen-bond donors (Lipinski definition) is 1. The normalized spacial score (nSPS) is 23.0. The molecule has 0 spiro atoms. The highest BCUT2D eigenvalue weighted by molar-refractivity contribution is 7.91. The van der Waals surface area contributed by atoms with Crippen molar-refractivity contribution in [2.75, 3.05) is 20.0 Å². The lowest BCUT2D eigenvalue weighted by Crippen LogP contribution is -2.48. The van der Waals surface area contributed by atoms with Gasteiger partial charge in [-0.05, 0) is 24.5 Å². The van der Waals surface area contributed by atoms with E-state index < -0.39 is 9.84 Å². The molecule has 0 unspecified atom stereocenters. The molecule has 1 N–H and O–H groups in total. The summed E-state index contributed by atoms with van der Waals surface area (Å²) in [6.07, 6.45) is 3.72. The number of ether oxygens (including phenoxy) is 2. The third-order valence-electron chi connectivity index (χ3n) is 4.71. The van der Waals surface area contributed by atoms with Gasteiger partial charge in [0.2, 0.25) is 0 Å². The summed E-state index contributed by atoms with van der Waals surface area (Å²) in [6.45, 7) is 4.70. The zero-order valence-corrected chi connectivity index (χ0v) is 15.3. The second kappa shape index (κ2) is 7.09. The van der Waals surface area contributed by atoms with Crippen LogP contribution in [0.1, 0.15) is 45.1 Å². The first kappa shape index (κ1) is 18.1. The molecule has 0 saturated carbocycles. The van der Waals surface area contributed by atoms with Crippen molar-refractivity contribution in [3.8, 4) is 11.5 Å². The molecule has 2 rings (SSSR count). The van der Waals surface area contributed by atoms with Gasteiger partial charge in [-0.3, -0.25) is 0 Å². The maximum atomic E-state index is 13.0. The Morgan fingerprint density at radius 2 is 1.83 bits per heavy atom. The van der Waals surface area contributed by atoms with Crippen molar-refractivity contribution in [1.82, 2.24) is 5.32 Å². The first-order valence-corrected chi connectivity index (χ1v) is 9.79. The van der Waals surface area contributed by atoms with Gasteiger partial charge in [0.1, 0.15) is 0 Å². The Kier molecular flexibility index (Phi) is 5.57. The second-order valence-electron chi connectivity index (χ2n) is 6.16. The maximum Gasteiger partial charge on any atom is 0.180 e. The molecule has 1 aliphatic heterocycles. The summed E-state index contributed by atoms with van der Waals surface area (Å²) >= 11 is 0. The number of fused-ring (bicyclic) bond motifs is 1. The van der Waals surface area contributed by atoms with E-state index in [1.54, 1.807) is 19.2 Å². The largest absolute Gasteiger partial charge is 0.493 e. The van der Waals surface area contributed by atoms with Gasteiger partial charge in [0.05, 0.1) is 24.9 Å². The van der Waals surface area contributed by atoms with Gasteiger partial charge >= 0.3 is 0 Å². The summed E-state index contributed by atoms with van der Waals surface area (Å²) in [6, 6.07) is 3.36. The Morgan fingerprint density at radius 3 is 2.39 bits per heavy atom. The average Bonchev–Trinajstić information content (AvgIpc) is 2.66. The van der Waals surface area contributed by atoms with Gasteiger partial charge < -0.3 is 14.8 Å². The lowest BCUT2D eigenvalue weighted by molar-refractivity contribution is 0.313. The summed E-state index contributed by atoms with van der Waals surface area (Å²) in [5.74, 6) is 1.13. The molecular weight excluding hydrogens is 314 g/mol. The zero-order valence-electron chi connectivity index (χ0n) is 14.4. The van der Waals surface area contributed by atoms with Gasteiger partial charge in [0.15, 0.2) is 21.3 Å². The van der Waals surface area contributed by atoms with Crippen molar-refractivity contribution in [3.05, 3.63) is 17.7 Å². The molecule has 130 valence electrons. The van der Waals surface area contributed by atoms with Gasteiger partial charge in [-0.25, -0.2) is 8.42 Å². The molecule has 0 aromatic heterocycles. The second-order valence-corrected chi connectivity index (χ2v) is 8.12. The van der Waals surface area contributed by atoms with E-state index in [1.807, 2.05) is 0 Å². The highest BCUT2D eigenvalue weighted by atomic mass is 32.2. The van der Waals surface area contributed by atoms with E-state index in [9.17, 15) is 8.42 Å². The standard InChI is InChI=1S/C17H27NO4S/c1-5-7-8-17(6-2)12-23(19,20)16-10-15(22-4)14(21-3)9-13(16)11-18-17/h9-10,18H,5-8,11-12H2,1-4H3/t17-/m0/s1. The fraction of sp³-hybridized carbons (Fsp3) is 0.647. The number of rotatable bonds is 6. The summed E-state index contributed by atoms with van der Waals surface area (Å²) in [5.41, 5.74) is 0.378. The van der Waals surface area contributed by atoms with Crippen LogP contribution < -0.4 is 14.8 Å². The summed E-state index contributed by atoms with van der Waals surface area (Å²) < 4.78 is 36.5. The van der Waals surface area contributed by atoms with Gasteiger partial charge in [0, 0.05) is 18.2 Å². The highest BCUT2D eigenvalue weighted by Crippen LogP contribution is 2.37. The molecule has 0 aliphatic carbocycles. The highest BCUT2D eigenvalue weighted by Gasteiger charge is 2.38. The van der Waals surface area contributed by atoms with E-state index in [0.29, 0.717) is 22.9 Å². The number of hydrogen-bond acceptors (Lipinski definition) is 5. The minimum atomic E-state index is -3.38. The van der Waals surface area contributed by atoms with Crippen LogP contribution in [0.25, 0.3) is 0 Å². The van der Waals surface area contributed by atoms with Crippen LogP contribution in [-0.2, 0) is 16.4 Å². The van der Waals surface area contributed by atoms with Crippen molar-refractivity contribution in [2.45, 2.75) is 56.5 Å². The molecule has 0 amide bonds. The van der Waals surface area contributed by atoms with E-state index in [4.69, 9.17) is 9.47 Å². The van der Waals surface area contributed by atoms with E-state index in [-0.39, 0.29) is 11.3 Å². The lowest BCUT2D eigenvalue weighted by Gasteiger charge is -2.32. The third-order valence-corrected chi connectivity index (χ3v) is 6.69. The number of sulfone groups is 1. The molecule has 23 heavy (non-hydrogen) atoms. The molecule has 1 heterocycles. The van der Waals surface area contributed by atoms with Crippen molar-refractivity contribution in [1.29, 1.82) is 0 Å². The molecule has 0 radical (unpaired) electrons. The predicted octanol–water partition coefficient (Wildman–Crippen LogP) is 2.92. The van der Waals surface area contributed by atoms with Crippen molar-refractivity contribution >= 4 is 9.84 Å². The van der Waals surface area contributed by atoms with Crippen molar-refractivity contribution in [2.24, 2.45) is 0 Å². The Bertz CT molecular complexity index is 657. The number of benzene rings is 1. The zero-order chi connectivity index (χ0) is 17.1. The predicted molar refractivity (Wildman–Crippen MR) is 91.0 cm³/mol. The summed E-state index contributed by atoms with van der Waals surface area (Å²) in [7, 11) is -0.311. The van der Waals surface area contributed by atoms with Crippen LogP contribution in [-0.4, -0.2) is 33.9 Å². The van der Waals surface area contributed by atoms with Crippen LogP contribution in [0.4, 0.5) is 0 Å². The quantitative estimate of drug-likeness (QED) is 0.862. The Hall–Kier alpha value is -1.27. The van der Waals surface area contributed by atoms with Gasteiger partial charge in [-0.15, -0.1) is 0 Å². The maximum absolute atomic E-state index is 13.0. The van der Waals surface area contributed by atoms with E-state index >= 15 is 0 Å². The van der Waals surface area contributed by atoms with E-state index in [2.05, 4.69) is 19.2 Å². The molecule has 1 aromatic rings. The molecule has 1 aliphatic rings. The molecule has 0 fully saturated rings. The average molecular weight is 341 g/mol. The number of methoxy groups -OCH3 is 2. The van der Waals surface area contributed by atoms with Crippen molar-refractivity contribution in [3.63, 3.8) is 0 Å². The van der Waals surface area contributed by atoms with Gasteiger partial charge in [-0.2, -0.15) is 0 Å². The molecule has 6 heteroatoms. The molecule has 0 bridgehead atoms. The first-order valence-electron chi connectivity index (χ1n) is 8.14. The van der Waals surface area contributed by atoms with Crippen LogP contribution >= 0.6 is 0 Å². The van der Waals surface area contributed by atoms with Crippen molar-refractivity contribution < 1.29 is 17.9 Å². The van der Waals surface area contributed by atoms with Gasteiger partial charge in [-0.1, -0.05) is 26.7 Å². The topological polar surface area (TPSA) is 64.6 Å². The Balaban J connectivity index is 2.49. The lowest BCUT2D eigenvalue weighted by atomic mass is 9.91. The van der Waals surface area contributed by atoms with Crippen LogP contribution in [0, 0.1) is 0 Å². The third kappa shape index (κ3) is 3.63. The minimum absolute atomic E-state index is 0.124. The fourth-order valence-electron chi connectivity index (χ4n) is 3.18. The molecule has 0 saturated heterocycles. The van der Waals surface area contributed by atoms with Crippen LogP contribution in [0.5, 0.6) is 11.5 Å². The summed E-state index contributed by atoms with van der Waals surface area (Å²) in [4.78, 5) is 0.356.